The quantitative estimate of drug-likeness (QED) is 0.264. The standard InChI is InChI=1S/C36H44O9S/c1-23-15-17-26(18-16-23)46-33-29(37)30(28-22-41-36(2,3)45-28)43-35(33)44-32-31(40-20-25-13-9-6-10-14-25)27(42-34(32)38-4)21-39-19-24-11-7-5-8-12-24/h5-18,27-35,37H,19-22H2,1-4H3/t27-,28-,29-,30+,31-,32+,33+,34+,35-/m1/s1. The number of thioether (sulfide) groups is 1. The van der Waals surface area contributed by atoms with Crippen molar-refractivity contribution < 1.29 is 43.0 Å². The molecular formula is C36H44O9S. The molecule has 6 rings (SSSR count). The van der Waals surface area contributed by atoms with Crippen LogP contribution in [0.2, 0.25) is 0 Å². The molecule has 248 valence electrons. The number of aliphatic hydroxyl groups excluding tert-OH is 1. The molecule has 0 aromatic heterocycles. The Balaban J connectivity index is 1.22. The van der Waals surface area contributed by atoms with Crippen LogP contribution in [-0.2, 0) is 51.1 Å². The van der Waals surface area contributed by atoms with E-state index in [1.807, 2.05) is 106 Å². The molecule has 3 heterocycles. The highest BCUT2D eigenvalue weighted by Gasteiger charge is 2.55. The van der Waals surface area contributed by atoms with Gasteiger partial charge in [-0.15, -0.1) is 11.8 Å². The summed E-state index contributed by atoms with van der Waals surface area (Å²) in [6.07, 6.45) is -5.27. The van der Waals surface area contributed by atoms with Crippen LogP contribution in [-0.4, -0.2) is 85.7 Å². The van der Waals surface area contributed by atoms with Crippen molar-refractivity contribution in [3.63, 3.8) is 0 Å². The fourth-order valence-corrected chi connectivity index (χ4v) is 7.15. The van der Waals surface area contributed by atoms with Crippen molar-refractivity contribution in [3.05, 3.63) is 102 Å². The fourth-order valence-electron chi connectivity index (χ4n) is 6.00. The van der Waals surface area contributed by atoms with Gasteiger partial charge in [0.25, 0.3) is 0 Å². The molecule has 10 heteroatoms. The number of methoxy groups -OCH3 is 1. The Morgan fingerprint density at radius 2 is 1.52 bits per heavy atom. The first-order valence-corrected chi connectivity index (χ1v) is 16.7. The molecule has 0 bridgehead atoms. The van der Waals surface area contributed by atoms with Crippen molar-refractivity contribution in [1.82, 2.24) is 0 Å². The highest BCUT2D eigenvalue weighted by molar-refractivity contribution is 8.00. The zero-order valence-electron chi connectivity index (χ0n) is 26.7. The van der Waals surface area contributed by atoms with Crippen LogP contribution in [0.3, 0.4) is 0 Å². The Bertz CT molecular complexity index is 1360. The zero-order valence-corrected chi connectivity index (χ0v) is 27.5. The summed E-state index contributed by atoms with van der Waals surface area (Å²) in [5.74, 6) is -0.768. The van der Waals surface area contributed by atoms with Gasteiger partial charge in [-0.05, 0) is 44.0 Å². The van der Waals surface area contributed by atoms with E-state index < -0.39 is 60.2 Å². The molecule has 46 heavy (non-hydrogen) atoms. The molecule has 3 aliphatic heterocycles. The maximum Gasteiger partial charge on any atom is 0.186 e. The molecule has 0 saturated carbocycles. The van der Waals surface area contributed by atoms with E-state index in [2.05, 4.69) is 0 Å². The number of ether oxygens (including phenoxy) is 8. The fraction of sp³-hybridized carbons (Fsp3) is 0.500. The Morgan fingerprint density at radius 1 is 0.848 bits per heavy atom. The van der Waals surface area contributed by atoms with Gasteiger partial charge in [-0.2, -0.15) is 0 Å². The highest BCUT2D eigenvalue weighted by Crippen LogP contribution is 2.42. The zero-order chi connectivity index (χ0) is 32.1. The lowest BCUT2D eigenvalue weighted by Gasteiger charge is -2.29. The first-order valence-electron chi connectivity index (χ1n) is 15.8. The van der Waals surface area contributed by atoms with Gasteiger partial charge >= 0.3 is 0 Å². The van der Waals surface area contributed by atoms with E-state index in [9.17, 15) is 5.11 Å². The predicted octanol–water partition coefficient (Wildman–Crippen LogP) is 5.25. The van der Waals surface area contributed by atoms with Gasteiger partial charge in [-0.25, -0.2) is 0 Å². The van der Waals surface area contributed by atoms with Crippen molar-refractivity contribution >= 4 is 11.8 Å². The van der Waals surface area contributed by atoms with E-state index in [0.717, 1.165) is 21.6 Å². The largest absolute Gasteiger partial charge is 0.389 e. The Kier molecular flexibility index (Phi) is 11.1. The second-order valence-electron chi connectivity index (χ2n) is 12.4. The molecule has 3 fully saturated rings. The van der Waals surface area contributed by atoms with Gasteiger partial charge in [-0.1, -0.05) is 78.4 Å². The Hall–Kier alpha value is -2.35. The number of rotatable bonds is 13. The van der Waals surface area contributed by atoms with Crippen LogP contribution in [0.5, 0.6) is 0 Å². The van der Waals surface area contributed by atoms with Crippen LogP contribution in [0, 0.1) is 6.92 Å². The molecule has 3 saturated heterocycles. The number of hydrogen-bond donors (Lipinski definition) is 1. The molecule has 0 spiro atoms. The van der Waals surface area contributed by atoms with E-state index in [1.54, 1.807) is 7.11 Å². The maximum absolute atomic E-state index is 11.7. The van der Waals surface area contributed by atoms with E-state index in [-0.39, 0.29) is 6.61 Å². The smallest absolute Gasteiger partial charge is 0.186 e. The molecule has 1 N–H and O–H groups in total. The number of hydrogen-bond acceptors (Lipinski definition) is 10. The normalized spacial score (nSPS) is 32.2. The molecule has 0 aliphatic carbocycles. The van der Waals surface area contributed by atoms with Gasteiger partial charge in [0, 0.05) is 12.0 Å². The van der Waals surface area contributed by atoms with Gasteiger partial charge in [0.2, 0.25) is 0 Å². The first kappa shape index (κ1) is 33.5. The molecule has 0 amide bonds. The molecule has 3 aromatic carbocycles. The predicted molar refractivity (Wildman–Crippen MR) is 172 cm³/mol. The monoisotopic (exact) mass is 652 g/mol. The topological polar surface area (TPSA) is 94.1 Å². The van der Waals surface area contributed by atoms with Crippen LogP contribution in [0.4, 0.5) is 0 Å². The second kappa shape index (κ2) is 15.3. The summed E-state index contributed by atoms with van der Waals surface area (Å²) in [5.41, 5.74) is 3.24. The van der Waals surface area contributed by atoms with E-state index in [4.69, 9.17) is 37.9 Å². The van der Waals surface area contributed by atoms with Crippen molar-refractivity contribution in [1.29, 1.82) is 0 Å². The highest BCUT2D eigenvalue weighted by atomic mass is 32.2. The van der Waals surface area contributed by atoms with Gasteiger partial charge in [0.05, 0.1) is 31.7 Å². The third kappa shape index (κ3) is 8.19. The van der Waals surface area contributed by atoms with E-state index in [1.165, 1.54) is 11.8 Å². The molecule has 9 atom stereocenters. The third-order valence-corrected chi connectivity index (χ3v) is 9.71. The number of benzene rings is 3. The van der Waals surface area contributed by atoms with Crippen molar-refractivity contribution in [2.75, 3.05) is 20.3 Å². The molecular weight excluding hydrogens is 608 g/mol. The van der Waals surface area contributed by atoms with Gasteiger partial charge in [0.15, 0.2) is 18.4 Å². The summed E-state index contributed by atoms with van der Waals surface area (Å²) in [6, 6.07) is 28.1. The minimum Gasteiger partial charge on any atom is -0.389 e. The van der Waals surface area contributed by atoms with Gasteiger partial charge in [-0.3, -0.25) is 0 Å². The lowest BCUT2D eigenvalue weighted by atomic mass is 10.1. The molecule has 9 nitrogen and oxygen atoms in total. The lowest BCUT2D eigenvalue weighted by molar-refractivity contribution is -0.235. The molecule has 3 aliphatic rings. The minimum atomic E-state index is -0.893. The maximum atomic E-state index is 11.7. The molecule has 3 aromatic rings. The van der Waals surface area contributed by atoms with E-state index in [0.29, 0.717) is 19.8 Å². The summed E-state index contributed by atoms with van der Waals surface area (Å²) >= 11 is 1.51. The second-order valence-corrected chi connectivity index (χ2v) is 13.6. The lowest BCUT2D eigenvalue weighted by Crippen LogP contribution is -2.44. The van der Waals surface area contributed by atoms with Crippen LogP contribution in [0.1, 0.15) is 30.5 Å². The van der Waals surface area contributed by atoms with Crippen LogP contribution in [0.25, 0.3) is 0 Å². The minimum absolute atomic E-state index is 0.273. The average Bonchev–Trinajstić information content (AvgIpc) is 3.70. The Labute approximate surface area is 275 Å². The Morgan fingerprint density at radius 3 is 2.15 bits per heavy atom. The first-order chi connectivity index (χ1) is 22.3. The van der Waals surface area contributed by atoms with Gasteiger partial charge in [0.1, 0.15) is 36.6 Å². The SMILES string of the molecule is CO[C@H]1O[C@H](COCc2ccccc2)[C@@H](OCc2ccccc2)[C@@H]1O[C@H]1O[C@@H]([C@H]2COC(C)(C)O2)[C@@H](O)[C@@H]1Sc1ccc(C)cc1. The number of aryl methyl sites for hydroxylation is 1. The summed E-state index contributed by atoms with van der Waals surface area (Å²) in [7, 11) is 1.58. The van der Waals surface area contributed by atoms with Crippen LogP contribution in [0.15, 0.2) is 89.8 Å². The van der Waals surface area contributed by atoms with Crippen molar-refractivity contribution in [3.8, 4) is 0 Å². The molecule has 0 radical (unpaired) electrons. The molecule has 0 unspecified atom stereocenters. The summed E-state index contributed by atoms with van der Waals surface area (Å²) < 4.78 is 50.0. The van der Waals surface area contributed by atoms with Gasteiger partial charge < -0.3 is 43.0 Å². The van der Waals surface area contributed by atoms with Crippen molar-refractivity contribution in [2.45, 2.75) is 99.1 Å². The third-order valence-electron chi connectivity index (χ3n) is 8.39. The summed E-state index contributed by atoms with van der Waals surface area (Å²) in [5, 5.41) is 11.2. The number of aliphatic hydroxyl groups is 1. The summed E-state index contributed by atoms with van der Waals surface area (Å²) in [6.45, 7) is 7.12. The van der Waals surface area contributed by atoms with Crippen LogP contribution >= 0.6 is 11.8 Å². The summed E-state index contributed by atoms with van der Waals surface area (Å²) in [4.78, 5) is 0.992. The average molecular weight is 653 g/mol. The van der Waals surface area contributed by atoms with Crippen LogP contribution < -0.4 is 0 Å². The van der Waals surface area contributed by atoms with E-state index >= 15 is 0 Å². The van der Waals surface area contributed by atoms with Crippen molar-refractivity contribution in [2.24, 2.45) is 0 Å².